The second-order valence-corrected chi connectivity index (χ2v) is 4.27. The fraction of sp³-hybridized carbons (Fsp3) is 0.133. The van der Waals surface area contributed by atoms with E-state index >= 15 is 0 Å². The van der Waals surface area contributed by atoms with Crippen LogP contribution in [-0.2, 0) is 6.67 Å². The number of imidazole rings is 1. The van der Waals surface area contributed by atoms with Gasteiger partial charge in [0.05, 0.1) is 31.1 Å². The third-order valence-electron chi connectivity index (χ3n) is 3.05. The molecular weight excluding hydrogens is 238 g/mol. The topological polar surface area (TPSA) is 39.1 Å². The fourth-order valence-corrected chi connectivity index (χ4v) is 2.05. The average Bonchev–Trinajstić information content (AvgIpc) is 2.89. The summed E-state index contributed by atoms with van der Waals surface area (Å²) >= 11 is 0. The molecule has 3 rings (SSSR count). The number of methoxy groups -OCH3 is 1. The molecule has 0 unspecified atom stereocenters. The lowest BCUT2D eigenvalue weighted by Crippen LogP contribution is -2.06. The summed E-state index contributed by atoms with van der Waals surface area (Å²) in [5.41, 5.74) is 3.16. The predicted octanol–water partition coefficient (Wildman–Crippen LogP) is 3.11. The van der Waals surface area contributed by atoms with E-state index in [1.54, 1.807) is 7.11 Å². The summed E-state index contributed by atoms with van der Waals surface area (Å²) in [4.78, 5) is 4.36. The molecule has 0 aliphatic rings. The van der Waals surface area contributed by atoms with Gasteiger partial charge in [0.15, 0.2) is 0 Å². The van der Waals surface area contributed by atoms with E-state index in [0.29, 0.717) is 6.67 Å². The fourth-order valence-electron chi connectivity index (χ4n) is 2.05. The van der Waals surface area contributed by atoms with Gasteiger partial charge in [-0.05, 0) is 24.3 Å². The summed E-state index contributed by atoms with van der Waals surface area (Å²) in [6.07, 6.45) is 1.85. The molecule has 0 saturated carbocycles. The molecule has 0 fully saturated rings. The van der Waals surface area contributed by atoms with E-state index in [-0.39, 0.29) is 0 Å². The molecule has 0 radical (unpaired) electrons. The summed E-state index contributed by atoms with van der Waals surface area (Å²) in [6.45, 7) is 0.674. The van der Waals surface area contributed by atoms with Crippen LogP contribution in [0.1, 0.15) is 0 Å². The smallest absolute Gasteiger partial charge is 0.120 e. The molecule has 0 aliphatic carbocycles. The van der Waals surface area contributed by atoms with Crippen LogP contribution in [0.2, 0.25) is 0 Å². The van der Waals surface area contributed by atoms with Crippen LogP contribution in [-0.4, -0.2) is 16.7 Å². The molecule has 0 bridgehead atoms. The molecule has 2 aromatic carbocycles. The van der Waals surface area contributed by atoms with E-state index in [9.17, 15) is 0 Å². The van der Waals surface area contributed by atoms with Gasteiger partial charge in [-0.2, -0.15) is 0 Å². The molecule has 0 saturated heterocycles. The summed E-state index contributed by atoms with van der Waals surface area (Å²) < 4.78 is 7.28. The largest absolute Gasteiger partial charge is 0.497 e. The highest BCUT2D eigenvalue weighted by atomic mass is 16.5. The minimum atomic E-state index is 0.674. The van der Waals surface area contributed by atoms with E-state index in [1.807, 2.05) is 48.8 Å². The Bertz CT molecular complexity index is 690. The van der Waals surface area contributed by atoms with Gasteiger partial charge in [0.1, 0.15) is 5.75 Å². The van der Waals surface area contributed by atoms with Crippen LogP contribution in [0.15, 0.2) is 54.9 Å². The van der Waals surface area contributed by atoms with Crippen molar-refractivity contribution in [3.05, 3.63) is 54.9 Å². The predicted molar refractivity (Wildman–Crippen MR) is 76.3 cm³/mol. The maximum atomic E-state index is 5.20. The molecular formula is C15H15N3O. The Kier molecular flexibility index (Phi) is 3.06. The number of hydrogen-bond acceptors (Lipinski definition) is 3. The molecule has 0 atom stereocenters. The lowest BCUT2D eigenvalue weighted by atomic mass is 10.3. The highest BCUT2D eigenvalue weighted by Crippen LogP contribution is 2.17. The Balaban J connectivity index is 1.78. The first-order valence-electron chi connectivity index (χ1n) is 6.14. The zero-order chi connectivity index (χ0) is 13.1. The number of fused-ring (bicyclic) bond motifs is 1. The van der Waals surface area contributed by atoms with E-state index in [1.165, 1.54) is 0 Å². The summed E-state index contributed by atoms with van der Waals surface area (Å²) in [7, 11) is 1.67. The number of anilines is 1. The Morgan fingerprint density at radius 1 is 1.16 bits per heavy atom. The van der Waals surface area contributed by atoms with Crippen molar-refractivity contribution in [3.63, 3.8) is 0 Å². The molecule has 0 amide bonds. The van der Waals surface area contributed by atoms with Crippen molar-refractivity contribution in [2.75, 3.05) is 12.4 Å². The van der Waals surface area contributed by atoms with Crippen molar-refractivity contribution < 1.29 is 4.74 Å². The van der Waals surface area contributed by atoms with Crippen molar-refractivity contribution in [3.8, 4) is 5.75 Å². The van der Waals surface area contributed by atoms with Gasteiger partial charge in [-0.15, -0.1) is 0 Å². The molecule has 96 valence electrons. The second-order valence-electron chi connectivity index (χ2n) is 4.27. The van der Waals surface area contributed by atoms with Gasteiger partial charge in [0.2, 0.25) is 0 Å². The summed E-state index contributed by atoms with van der Waals surface area (Å²) in [6, 6.07) is 16.0. The van der Waals surface area contributed by atoms with E-state index < -0.39 is 0 Å². The van der Waals surface area contributed by atoms with Crippen molar-refractivity contribution >= 4 is 16.7 Å². The van der Waals surface area contributed by atoms with Gasteiger partial charge in [0.25, 0.3) is 0 Å². The van der Waals surface area contributed by atoms with Crippen molar-refractivity contribution in [2.45, 2.75) is 6.67 Å². The molecule has 0 spiro atoms. The number of aromatic nitrogens is 2. The number of para-hydroxylation sites is 2. The zero-order valence-corrected chi connectivity index (χ0v) is 10.7. The van der Waals surface area contributed by atoms with Crippen LogP contribution in [0.25, 0.3) is 11.0 Å². The zero-order valence-electron chi connectivity index (χ0n) is 10.7. The Morgan fingerprint density at radius 3 is 2.95 bits per heavy atom. The number of nitrogens with zero attached hydrogens (tertiary/aromatic N) is 2. The van der Waals surface area contributed by atoms with Gasteiger partial charge in [-0.25, -0.2) is 4.98 Å². The third-order valence-corrected chi connectivity index (χ3v) is 3.05. The number of rotatable bonds is 4. The molecule has 1 aromatic heterocycles. The molecule has 3 aromatic rings. The first kappa shape index (κ1) is 11.6. The number of benzene rings is 2. The van der Waals surface area contributed by atoms with Crippen LogP contribution in [0.5, 0.6) is 5.75 Å². The maximum Gasteiger partial charge on any atom is 0.120 e. The lowest BCUT2D eigenvalue weighted by Gasteiger charge is -2.09. The minimum absolute atomic E-state index is 0.674. The Morgan fingerprint density at radius 2 is 2.05 bits per heavy atom. The highest BCUT2D eigenvalue weighted by molar-refractivity contribution is 5.75. The van der Waals surface area contributed by atoms with Crippen LogP contribution < -0.4 is 10.1 Å². The summed E-state index contributed by atoms with van der Waals surface area (Å²) in [5.74, 6) is 0.848. The average molecular weight is 253 g/mol. The van der Waals surface area contributed by atoms with Crippen LogP contribution in [0, 0.1) is 0 Å². The first-order chi connectivity index (χ1) is 9.36. The lowest BCUT2D eigenvalue weighted by molar-refractivity contribution is 0.415. The Hall–Kier alpha value is -2.49. The summed E-state index contributed by atoms with van der Waals surface area (Å²) in [5, 5.41) is 3.36. The quantitative estimate of drug-likeness (QED) is 0.776. The van der Waals surface area contributed by atoms with Crippen LogP contribution in [0.3, 0.4) is 0 Å². The number of nitrogens with one attached hydrogen (secondary N) is 1. The van der Waals surface area contributed by atoms with Gasteiger partial charge in [0, 0.05) is 11.8 Å². The Labute approximate surface area is 111 Å². The van der Waals surface area contributed by atoms with Crippen molar-refractivity contribution in [2.24, 2.45) is 0 Å². The second kappa shape index (κ2) is 5.02. The normalized spacial score (nSPS) is 10.6. The number of hydrogen-bond donors (Lipinski definition) is 1. The van der Waals surface area contributed by atoms with Crippen LogP contribution in [0.4, 0.5) is 5.69 Å². The molecule has 1 heterocycles. The van der Waals surface area contributed by atoms with Crippen molar-refractivity contribution in [1.82, 2.24) is 9.55 Å². The first-order valence-corrected chi connectivity index (χ1v) is 6.14. The van der Waals surface area contributed by atoms with Gasteiger partial charge in [-0.1, -0.05) is 18.2 Å². The standard InChI is InChI=1S/C15H15N3O/c1-19-13-6-4-5-12(9-13)16-10-18-11-17-14-7-2-3-8-15(14)18/h2-9,11,16H,10H2,1H3. The monoisotopic (exact) mass is 253 g/mol. The van der Waals surface area contributed by atoms with Crippen LogP contribution >= 0.6 is 0 Å². The van der Waals surface area contributed by atoms with Crippen molar-refractivity contribution in [1.29, 1.82) is 0 Å². The van der Waals surface area contributed by atoms with E-state index in [0.717, 1.165) is 22.5 Å². The molecule has 0 aliphatic heterocycles. The molecule has 4 heteroatoms. The third kappa shape index (κ3) is 2.38. The molecule has 1 N–H and O–H groups in total. The van der Waals surface area contributed by atoms with Gasteiger partial charge < -0.3 is 14.6 Å². The minimum Gasteiger partial charge on any atom is -0.497 e. The van der Waals surface area contributed by atoms with Gasteiger partial charge >= 0.3 is 0 Å². The SMILES string of the molecule is COc1cccc(NCn2cnc3ccccc32)c1. The van der Waals surface area contributed by atoms with Gasteiger partial charge in [-0.3, -0.25) is 0 Å². The molecule has 4 nitrogen and oxygen atoms in total. The molecule has 19 heavy (non-hydrogen) atoms. The van der Waals surface area contributed by atoms with E-state index in [4.69, 9.17) is 4.74 Å². The maximum absolute atomic E-state index is 5.20. The highest BCUT2D eigenvalue weighted by Gasteiger charge is 2.01. The number of ether oxygens (including phenoxy) is 1. The van der Waals surface area contributed by atoms with E-state index in [2.05, 4.69) is 20.9 Å².